The maximum atomic E-state index is 5.78. The molecule has 0 radical (unpaired) electrons. The lowest BCUT2D eigenvalue weighted by atomic mass is 10.1. The third-order valence-corrected chi connectivity index (χ3v) is 2.64. The van der Waals surface area contributed by atoms with Crippen LogP contribution in [0.2, 0.25) is 0 Å². The Labute approximate surface area is 143 Å². The molecule has 0 atom stereocenters. The summed E-state index contributed by atoms with van der Waals surface area (Å²) in [5.74, 6) is 2.33. The molecule has 1 aromatic rings. The summed E-state index contributed by atoms with van der Waals surface area (Å²) in [6, 6.07) is 3.85. The zero-order chi connectivity index (χ0) is 15.1. The van der Waals surface area contributed by atoms with Gasteiger partial charge in [0.1, 0.15) is 5.75 Å². The van der Waals surface area contributed by atoms with Crippen molar-refractivity contribution in [1.29, 1.82) is 0 Å². The average molecular weight is 409 g/mol. The standard InChI is InChI=1S/C14H23N3O3.HI/c1-9(2)17-14(15)16-8-10-6-12(19-4)13(20-5)7-11(10)18-3;/h6-7,9H,8H2,1-5H3,(H3,15,16,17);1H. The molecule has 0 aromatic heterocycles. The molecule has 6 nitrogen and oxygen atoms in total. The Bertz CT molecular complexity index is 479. The Morgan fingerprint density at radius 3 is 2.10 bits per heavy atom. The monoisotopic (exact) mass is 409 g/mol. The average Bonchev–Trinajstić information content (AvgIpc) is 2.43. The van der Waals surface area contributed by atoms with Crippen LogP contribution in [0.1, 0.15) is 19.4 Å². The minimum Gasteiger partial charge on any atom is -0.496 e. The van der Waals surface area contributed by atoms with E-state index in [4.69, 9.17) is 19.9 Å². The number of ether oxygens (including phenoxy) is 3. The molecule has 0 aliphatic carbocycles. The summed E-state index contributed by atoms with van der Waals surface area (Å²) in [7, 11) is 4.77. The molecule has 0 saturated carbocycles. The van der Waals surface area contributed by atoms with Crippen LogP contribution in [0.25, 0.3) is 0 Å². The summed E-state index contributed by atoms with van der Waals surface area (Å²) in [4.78, 5) is 4.28. The summed E-state index contributed by atoms with van der Waals surface area (Å²) in [6.07, 6.45) is 0. The van der Waals surface area contributed by atoms with Crippen molar-refractivity contribution in [3.8, 4) is 17.2 Å². The maximum Gasteiger partial charge on any atom is 0.189 e. The van der Waals surface area contributed by atoms with E-state index < -0.39 is 0 Å². The highest BCUT2D eigenvalue weighted by atomic mass is 127. The van der Waals surface area contributed by atoms with E-state index in [1.807, 2.05) is 19.9 Å². The number of nitrogens with one attached hydrogen (secondary N) is 1. The molecule has 1 rings (SSSR count). The molecule has 120 valence electrons. The van der Waals surface area contributed by atoms with E-state index in [-0.39, 0.29) is 30.0 Å². The van der Waals surface area contributed by atoms with E-state index in [2.05, 4.69) is 10.3 Å². The van der Waals surface area contributed by atoms with Gasteiger partial charge in [0.05, 0.1) is 27.9 Å². The molecule has 21 heavy (non-hydrogen) atoms. The number of hydrogen-bond donors (Lipinski definition) is 2. The molecule has 0 spiro atoms. The molecule has 0 amide bonds. The van der Waals surface area contributed by atoms with Gasteiger partial charge in [0.25, 0.3) is 0 Å². The Morgan fingerprint density at radius 1 is 1.10 bits per heavy atom. The topological polar surface area (TPSA) is 78.1 Å². The third kappa shape index (κ3) is 5.86. The fourth-order valence-electron chi connectivity index (χ4n) is 1.73. The van der Waals surface area contributed by atoms with Crippen LogP contribution in [-0.2, 0) is 6.54 Å². The molecular weight excluding hydrogens is 385 g/mol. The van der Waals surface area contributed by atoms with Crippen molar-refractivity contribution in [3.63, 3.8) is 0 Å². The minimum absolute atomic E-state index is 0. The fourth-order valence-corrected chi connectivity index (χ4v) is 1.73. The number of aliphatic imine (C=N–C) groups is 1. The molecular formula is C14H24IN3O3. The van der Waals surface area contributed by atoms with Gasteiger partial charge in [-0.25, -0.2) is 4.99 Å². The van der Waals surface area contributed by atoms with Crippen molar-refractivity contribution in [3.05, 3.63) is 17.7 Å². The van der Waals surface area contributed by atoms with Gasteiger partial charge < -0.3 is 25.3 Å². The van der Waals surface area contributed by atoms with Gasteiger partial charge in [-0.15, -0.1) is 24.0 Å². The van der Waals surface area contributed by atoms with Crippen LogP contribution in [0.15, 0.2) is 17.1 Å². The lowest BCUT2D eigenvalue weighted by Gasteiger charge is -2.13. The van der Waals surface area contributed by atoms with E-state index >= 15 is 0 Å². The Morgan fingerprint density at radius 2 is 1.62 bits per heavy atom. The summed E-state index contributed by atoms with van der Waals surface area (Å²) in [5, 5.41) is 3.03. The van der Waals surface area contributed by atoms with Gasteiger partial charge in [-0.05, 0) is 19.9 Å². The molecule has 7 heteroatoms. The molecule has 0 aliphatic heterocycles. The molecule has 0 unspecified atom stereocenters. The second kappa shape index (κ2) is 9.54. The third-order valence-electron chi connectivity index (χ3n) is 2.64. The smallest absolute Gasteiger partial charge is 0.189 e. The van der Waals surface area contributed by atoms with Crippen LogP contribution < -0.4 is 25.3 Å². The zero-order valence-corrected chi connectivity index (χ0v) is 15.4. The number of rotatable bonds is 6. The highest BCUT2D eigenvalue weighted by Gasteiger charge is 2.11. The lowest BCUT2D eigenvalue weighted by Crippen LogP contribution is -2.36. The van der Waals surface area contributed by atoms with Gasteiger partial charge in [0.2, 0.25) is 0 Å². The summed E-state index contributed by atoms with van der Waals surface area (Å²) in [6.45, 7) is 4.40. The first-order chi connectivity index (χ1) is 9.51. The van der Waals surface area contributed by atoms with Gasteiger partial charge >= 0.3 is 0 Å². The summed E-state index contributed by atoms with van der Waals surface area (Å²) >= 11 is 0. The van der Waals surface area contributed by atoms with E-state index in [0.717, 1.165) is 5.56 Å². The van der Waals surface area contributed by atoms with Crippen molar-refractivity contribution in [1.82, 2.24) is 5.32 Å². The highest BCUT2D eigenvalue weighted by molar-refractivity contribution is 14.0. The highest BCUT2D eigenvalue weighted by Crippen LogP contribution is 2.34. The van der Waals surface area contributed by atoms with Crippen LogP contribution in [0.4, 0.5) is 0 Å². The first-order valence-electron chi connectivity index (χ1n) is 6.37. The number of methoxy groups -OCH3 is 3. The largest absolute Gasteiger partial charge is 0.496 e. The number of guanidine groups is 1. The van der Waals surface area contributed by atoms with Crippen molar-refractivity contribution >= 4 is 29.9 Å². The predicted octanol–water partition coefficient (Wildman–Crippen LogP) is 2.14. The fraction of sp³-hybridized carbons (Fsp3) is 0.500. The Balaban J connectivity index is 0.00000400. The van der Waals surface area contributed by atoms with E-state index in [1.165, 1.54) is 0 Å². The summed E-state index contributed by atoms with van der Waals surface area (Å²) in [5.41, 5.74) is 6.66. The van der Waals surface area contributed by atoms with Gasteiger partial charge in [-0.2, -0.15) is 0 Å². The van der Waals surface area contributed by atoms with Gasteiger partial charge in [0, 0.05) is 17.7 Å². The number of nitrogens with zero attached hydrogens (tertiary/aromatic N) is 1. The van der Waals surface area contributed by atoms with E-state index in [1.54, 1.807) is 27.4 Å². The molecule has 0 heterocycles. The molecule has 1 aromatic carbocycles. The Kier molecular flexibility index (Phi) is 8.91. The minimum atomic E-state index is 0. The second-order valence-electron chi connectivity index (χ2n) is 4.52. The van der Waals surface area contributed by atoms with Crippen LogP contribution in [0, 0.1) is 0 Å². The van der Waals surface area contributed by atoms with Crippen molar-refractivity contribution in [2.75, 3.05) is 21.3 Å². The number of halogens is 1. The normalized spacial score (nSPS) is 10.9. The number of benzene rings is 1. The zero-order valence-electron chi connectivity index (χ0n) is 13.1. The van der Waals surface area contributed by atoms with Gasteiger partial charge in [-0.3, -0.25) is 0 Å². The second-order valence-corrected chi connectivity index (χ2v) is 4.52. The molecule has 0 saturated heterocycles. The first kappa shape index (κ1) is 19.6. The van der Waals surface area contributed by atoms with Crippen LogP contribution in [-0.4, -0.2) is 33.3 Å². The number of nitrogens with two attached hydrogens (primary N) is 1. The Hall–Kier alpha value is -1.38. The van der Waals surface area contributed by atoms with Gasteiger partial charge in [0.15, 0.2) is 17.5 Å². The molecule has 3 N–H and O–H groups in total. The van der Waals surface area contributed by atoms with Crippen molar-refractivity contribution in [2.24, 2.45) is 10.7 Å². The van der Waals surface area contributed by atoms with Crippen LogP contribution in [0.5, 0.6) is 17.2 Å². The van der Waals surface area contributed by atoms with Gasteiger partial charge in [-0.1, -0.05) is 0 Å². The van der Waals surface area contributed by atoms with Crippen molar-refractivity contribution in [2.45, 2.75) is 26.4 Å². The summed E-state index contributed by atoms with van der Waals surface area (Å²) < 4.78 is 15.8. The van der Waals surface area contributed by atoms with Crippen LogP contribution >= 0.6 is 24.0 Å². The SMILES string of the molecule is COc1cc(OC)c(OC)cc1CN=C(N)NC(C)C.I. The quantitative estimate of drug-likeness (QED) is 0.428. The van der Waals surface area contributed by atoms with Crippen LogP contribution in [0.3, 0.4) is 0 Å². The van der Waals surface area contributed by atoms with Crippen molar-refractivity contribution < 1.29 is 14.2 Å². The van der Waals surface area contributed by atoms with E-state index in [9.17, 15) is 0 Å². The lowest BCUT2D eigenvalue weighted by molar-refractivity contribution is 0.347. The molecule has 0 bridgehead atoms. The van der Waals surface area contributed by atoms with E-state index in [0.29, 0.717) is 29.8 Å². The molecule has 0 aliphatic rings. The predicted molar refractivity (Wildman–Crippen MR) is 95.1 cm³/mol. The number of hydrogen-bond acceptors (Lipinski definition) is 4. The first-order valence-corrected chi connectivity index (χ1v) is 6.37. The maximum absolute atomic E-state index is 5.78. The molecule has 0 fully saturated rings.